The van der Waals surface area contributed by atoms with E-state index in [9.17, 15) is 4.79 Å². The van der Waals surface area contributed by atoms with E-state index in [4.69, 9.17) is 10.9 Å². The monoisotopic (exact) mass is 271 g/mol. The van der Waals surface area contributed by atoms with E-state index in [0.717, 1.165) is 18.0 Å². The van der Waals surface area contributed by atoms with Gasteiger partial charge >= 0.3 is 0 Å². The summed E-state index contributed by atoms with van der Waals surface area (Å²) in [6, 6.07) is 0. The first kappa shape index (κ1) is 14.4. The van der Waals surface area contributed by atoms with Crippen molar-refractivity contribution in [1.29, 1.82) is 0 Å². The predicted octanol–water partition coefficient (Wildman–Crippen LogP) is 0.745. The van der Waals surface area contributed by atoms with Gasteiger partial charge in [-0.05, 0) is 31.8 Å². The van der Waals surface area contributed by atoms with Crippen molar-refractivity contribution in [3.05, 3.63) is 10.6 Å². The van der Waals surface area contributed by atoms with Crippen LogP contribution in [0.25, 0.3) is 0 Å². The molecule has 0 atom stereocenters. The number of oxime groups is 1. The Labute approximate surface area is 109 Å². The van der Waals surface area contributed by atoms with Crippen molar-refractivity contribution in [2.75, 3.05) is 0 Å². The highest BCUT2D eigenvalue weighted by molar-refractivity contribution is 7.08. The molecule has 18 heavy (non-hydrogen) atoms. The maximum atomic E-state index is 12.1. The van der Waals surface area contributed by atoms with Crippen LogP contribution in [0.4, 0.5) is 0 Å². The van der Waals surface area contributed by atoms with Gasteiger partial charge < -0.3 is 16.3 Å². The summed E-state index contributed by atoms with van der Waals surface area (Å²) in [5, 5.41) is 18.2. The van der Waals surface area contributed by atoms with E-state index in [1.165, 1.54) is 0 Å². The van der Waals surface area contributed by atoms with Gasteiger partial charge in [0.1, 0.15) is 4.88 Å². The van der Waals surface area contributed by atoms with Crippen molar-refractivity contribution in [2.24, 2.45) is 10.9 Å². The minimum Gasteiger partial charge on any atom is -0.409 e. The molecule has 4 N–H and O–H groups in total. The van der Waals surface area contributed by atoms with Crippen molar-refractivity contribution < 1.29 is 10.0 Å². The highest BCUT2D eigenvalue weighted by Gasteiger charge is 2.28. The summed E-state index contributed by atoms with van der Waals surface area (Å²) in [4.78, 5) is 12.5. The normalized spacial score (nSPS) is 12.5. The lowest BCUT2D eigenvalue weighted by molar-refractivity contribution is 0.0934. The molecule has 1 amide bonds. The fourth-order valence-electron chi connectivity index (χ4n) is 1.31. The van der Waals surface area contributed by atoms with Crippen LogP contribution in [0.15, 0.2) is 5.16 Å². The van der Waals surface area contributed by atoms with Crippen LogP contribution in [0, 0.1) is 0 Å². The highest BCUT2D eigenvalue weighted by atomic mass is 32.1. The summed E-state index contributed by atoms with van der Waals surface area (Å²) in [7, 11) is 0. The molecular formula is C10H17N5O2S. The SMILES string of the molecule is CCCc1nnsc1C(=O)NC(C)(C)C(N)=NO. The largest absolute Gasteiger partial charge is 0.409 e. The second-order valence-corrected chi connectivity index (χ2v) is 5.12. The zero-order valence-corrected chi connectivity index (χ0v) is 11.4. The molecular weight excluding hydrogens is 254 g/mol. The average molecular weight is 271 g/mol. The molecule has 1 aromatic rings. The zero-order valence-electron chi connectivity index (χ0n) is 10.6. The van der Waals surface area contributed by atoms with Crippen molar-refractivity contribution >= 4 is 23.3 Å². The number of aromatic nitrogens is 2. The van der Waals surface area contributed by atoms with Crippen LogP contribution in [0.2, 0.25) is 0 Å². The summed E-state index contributed by atoms with van der Waals surface area (Å²) < 4.78 is 3.78. The van der Waals surface area contributed by atoms with Crippen molar-refractivity contribution in [1.82, 2.24) is 14.9 Å². The lowest BCUT2D eigenvalue weighted by atomic mass is 10.0. The molecule has 0 aromatic carbocycles. The van der Waals surface area contributed by atoms with Gasteiger partial charge in [0, 0.05) is 0 Å². The Morgan fingerprint density at radius 2 is 2.28 bits per heavy atom. The van der Waals surface area contributed by atoms with E-state index >= 15 is 0 Å². The minimum atomic E-state index is -0.931. The van der Waals surface area contributed by atoms with E-state index in [0.29, 0.717) is 17.0 Å². The Hall–Kier alpha value is -1.70. The minimum absolute atomic E-state index is 0.0645. The Morgan fingerprint density at radius 3 is 2.83 bits per heavy atom. The molecule has 0 aliphatic carbocycles. The number of aryl methyl sites for hydroxylation is 1. The van der Waals surface area contributed by atoms with Crippen LogP contribution in [0.3, 0.4) is 0 Å². The van der Waals surface area contributed by atoms with E-state index in [2.05, 4.69) is 20.1 Å². The van der Waals surface area contributed by atoms with Crippen molar-refractivity contribution in [3.8, 4) is 0 Å². The summed E-state index contributed by atoms with van der Waals surface area (Å²) in [5.41, 5.74) is 5.25. The van der Waals surface area contributed by atoms with Gasteiger partial charge in [0.25, 0.3) is 5.91 Å². The number of hydrogen-bond donors (Lipinski definition) is 3. The van der Waals surface area contributed by atoms with Gasteiger partial charge in [-0.25, -0.2) is 0 Å². The van der Waals surface area contributed by atoms with Crippen LogP contribution in [0.1, 0.15) is 42.6 Å². The molecule has 1 rings (SSSR count). The van der Waals surface area contributed by atoms with E-state index < -0.39 is 5.54 Å². The quantitative estimate of drug-likeness (QED) is 0.316. The molecule has 0 spiro atoms. The van der Waals surface area contributed by atoms with Crippen LogP contribution in [-0.2, 0) is 6.42 Å². The maximum absolute atomic E-state index is 12.1. The number of carbonyl (C=O) groups excluding carboxylic acids is 1. The second kappa shape index (κ2) is 5.76. The number of nitrogens with one attached hydrogen (secondary N) is 1. The van der Waals surface area contributed by atoms with E-state index in [-0.39, 0.29) is 11.7 Å². The highest BCUT2D eigenvalue weighted by Crippen LogP contribution is 2.14. The Morgan fingerprint density at radius 1 is 1.61 bits per heavy atom. The Balaban J connectivity index is 2.85. The molecule has 7 nitrogen and oxygen atoms in total. The van der Waals surface area contributed by atoms with Crippen molar-refractivity contribution in [3.63, 3.8) is 0 Å². The van der Waals surface area contributed by atoms with Gasteiger partial charge in [0.2, 0.25) is 0 Å². The molecule has 0 saturated heterocycles. The third-order valence-corrected chi connectivity index (χ3v) is 3.19. The average Bonchev–Trinajstić information content (AvgIpc) is 2.76. The molecule has 8 heteroatoms. The maximum Gasteiger partial charge on any atom is 0.265 e. The van der Waals surface area contributed by atoms with E-state index in [1.807, 2.05) is 6.92 Å². The molecule has 0 aliphatic heterocycles. The summed E-state index contributed by atoms with van der Waals surface area (Å²) in [5.74, 6) is -0.379. The molecule has 0 aliphatic rings. The molecule has 100 valence electrons. The second-order valence-electron chi connectivity index (χ2n) is 4.36. The number of amides is 1. The van der Waals surface area contributed by atoms with Gasteiger partial charge in [-0.15, -0.1) is 5.10 Å². The lowest BCUT2D eigenvalue weighted by Crippen LogP contribution is -2.53. The van der Waals surface area contributed by atoms with Gasteiger partial charge in [-0.1, -0.05) is 23.0 Å². The number of hydrogen-bond acceptors (Lipinski definition) is 6. The van der Waals surface area contributed by atoms with Gasteiger partial charge in [0.05, 0.1) is 11.2 Å². The third kappa shape index (κ3) is 3.16. The molecule has 0 unspecified atom stereocenters. The standard InChI is InChI=1S/C10H17N5O2S/c1-4-5-6-7(18-15-13-6)8(16)12-10(2,3)9(11)14-17/h17H,4-5H2,1-3H3,(H2,11,14)(H,12,16). The van der Waals surface area contributed by atoms with Crippen molar-refractivity contribution in [2.45, 2.75) is 39.2 Å². The molecule has 1 heterocycles. The Kier molecular flexibility index (Phi) is 4.60. The topological polar surface area (TPSA) is 113 Å². The van der Waals surface area contributed by atoms with Crippen LogP contribution >= 0.6 is 11.5 Å². The predicted molar refractivity (Wildman–Crippen MR) is 68.9 cm³/mol. The lowest BCUT2D eigenvalue weighted by Gasteiger charge is -2.24. The zero-order chi connectivity index (χ0) is 13.8. The first-order valence-corrected chi connectivity index (χ1v) is 6.31. The van der Waals surface area contributed by atoms with E-state index in [1.54, 1.807) is 13.8 Å². The molecule has 0 radical (unpaired) electrons. The van der Waals surface area contributed by atoms with Gasteiger partial charge in [0.15, 0.2) is 5.84 Å². The smallest absolute Gasteiger partial charge is 0.265 e. The fourth-order valence-corrected chi connectivity index (χ4v) is 1.91. The molecule has 1 aromatic heterocycles. The van der Waals surface area contributed by atoms with Crippen LogP contribution < -0.4 is 11.1 Å². The molecule has 0 fully saturated rings. The Bertz CT molecular complexity index is 455. The summed E-state index contributed by atoms with van der Waals surface area (Å²) in [6.07, 6.45) is 1.58. The number of rotatable bonds is 5. The number of nitrogens with zero attached hydrogens (tertiary/aromatic N) is 3. The molecule has 0 saturated carbocycles. The van der Waals surface area contributed by atoms with Gasteiger partial charge in [-0.3, -0.25) is 4.79 Å². The number of carbonyl (C=O) groups is 1. The number of nitrogens with two attached hydrogens (primary N) is 1. The third-order valence-electron chi connectivity index (χ3n) is 2.42. The summed E-state index contributed by atoms with van der Waals surface area (Å²) in [6.45, 7) is 5.29. The first-order valence-electron chi connectivity index (χ1n) is 5.54. The van der Waals surface area contributed by atoms with Gasteiger partial charge in [-0.2, -0.15) is 0 Å². The summed E-state index contributed by atoms with van der Waals surface area (Å²) >= 11 is 1.04. The first-order chi connectivity index (χ1) is 8.42. The van der Waals surface area contributed by atoms with Crippen LogP contribution in [0.5, 0.6) is 0 Å². The molecule has 0 bridgehead atoms. The fraction of sp³-hybridized carbons (Fsp3) is 0.600. The van der Waals surface area contributed by atoms with Crippen LogP contribution in [-0.4, -0.2) is 32.1 Å². The number of amidine groups is 1.